The van der Waals surface area contributed by atoms with Crippen LogP contribution in [0.15, 0.2) is 30.5 Å². The highest BCUT2D eigenvalue weighted by atomic mass is 35.5. The Labute approximate surface area is 82.8 Å². The monoisotopic (exact) mass is 194 g/mol. The second-order valence-electron chi connectivity index (χ2n) is 3.04. The highest BCUT2D eigenvalue weighted by Crippen LogP contribution is 2.16. The van der Waals surface area contributed by atoms with Gasteiger partial charge in [-0.2, -0.15) is 0 Å². The average Bonchev–Trinajstić information content (AvgIpc) is 2.20. The molecule has 0 aliphatic carbocycles. The van der Waals surface area contributed by atoms with E-state index < -0.39 is 0 Å². The standard InChI is InChI=1S/C10H11ClN2/c11-9-4-5-10(12-8-9)13-6-2-1-3-7-13/h1-2,4-5,8H,3,6-7H2. The van der Waals surface area contributed by atoms with Crippen LogP contribution in [-0.4, -0.2) is 18.1 Å². The highest BCUT2D eigenvalue weighted by molar-refractivity contribution is 6.30. The molecule has 0 saturated heterocycles. The van der Waals surface area contributed by atoms with Gasteiger partial charge in [-0.3, -0.25) is 0 Å². The summed E-state index contributed by atoms with van der Waals surface area (Å²) in [4.78, 5) is 6.49. The number of pyridine rings is 1. The predicted octanol–water partition coefficient (Wildman–Crippen LogP) is 2.50. The van der Waals surface area contributed by atoms with Gasteiger partial charge < -0.3 is 4.90 Å². The Balaban J connectivity index is 2.15. The summed E-state index contributed by atoms with van der Waals surface area (Å²) < 4.78 is 0. The quantitative estimate of drug-likeness (QED) is 0.639. The van der Waals surface area contributed by atoms with Crippen molar-refractivity contribution in [2.45, 2.75) is 6.42 Å². The molecule has 0 spiro atoms. The van der Waals surface area contributed by atoms with Crippen LogP contribution in [-0.2, 0) is 0 Å². The second-order valence-corrected chi connectivity index (χ2v) is 3.48. The highest BCUT2D eigenvalue weighted by Gasteiger charge is 2.07. The molecule has 0 unspecified atom stereocenters. The third-order valence-corrected chi connectivity index (χ3v) is 2.32. The van der Waals surface area contributed by atoms with Gasteiger partial charge in [0.15, 0.2) is 0 Å². The first kappa shape index (κ1) is 8.57. The molecule has 0 amide bonds. The smallest absolute Gasteiger partial charge is 0.128 e. The number of hydrogen-bond acceptors (Lipinski definition) is 2. The summed E-state index contributed by atoms with van der Waals surface area (Å²) in [5.41, 5.74) is 0. The van der Waals surface area contributed by atoms with Crippen molar-refractivity contribution in [2.24, 2.45) is 0 Å². The van der Waals surface area contributed by atoms with E-state index in [4.69, 9.17) is 11.6 Å². The summed E-state index contributed by atoms with van der Waals surface area (Å²) in [5, 5.41) is 0.691. The molecule has 0 bridgehead atoms. The molecule has 13 heavy (non-hydrogen) atoms. The van der Waals surface area contributed by atoms with Gasteiger partial charge >= 0.3 is 0 Å². The number of anilines is 1. The van der Waals surface area contributed by atoms with E-state index in [1.165, 1.54) is 0 Å². The van der Waals surface area contributed by atoms with Gasteiger partial charge in [0.1, 0.15) is 5.82 Å². The van der Waals surface area contributed by atoms with Gasteiger partial charge in [0.2, 0.25) is 0 Å². The molecule has 0 saturated carbocycles. The van der Waals surface area contributed by atoms with Gasteiger partial charge in [-0.25, -0.2) is 4.98 Å². The Morgan fingerprint density at radius 3 is 2.85 bits per heavy atom. The molecular formula is C10H11ClN2. The van der Waals surface area contributed by atoms with Crippen molar-refractivity contribution >= 4 is 17.4 Å². The number of nitrogens with zero attached hydrogens (tertiary/aromatic N) is 2. The van der Waals surface area contributed by atoms with Crippen LogP contribution in [0.4, 0.5) is 5.82 Å². The van der Waals surface area contributed by atoms with Crippen LogP contribution < -0.4 is 4.90 Å². The maximum absolute atomic E-state index is 5.76. The van der Waals surface area contributed by atoms with E-state index in [2.05, 4.69) is 22.0 Å². The van der Waals surface area contributed by atoms with Crippen molar-refractivity contribution in [1.29, 1.82) is 0 Å². The van der Waals surface area contributed by atoms with Crippen molar-refractivity contribution in [3.05, 3.63) is 35.5 Å². The zero-order valence-electron chi connectivity index (χ0n) is 7.28. The molecule has 1 aliphatic heterocycles. The summed E-state index contributed by atoms with van der Waals surface area (Å²) in [7, 11) is 0. The molecule has 2 rings (SSSR count). The second kappa shape index (κ2) is 3.79. The predicted molar refractivity (Wildman–Crippen MR) is 55.2 cm³/mol. The molecule has 0 atom stereocenters. The molecule has 0 fully saturated rings. The van der Waals surface area contributed by atoms with Crippen LogP contribution in [0.3, 0.4) is 0 Å². The minimum atomic E-state index is 0.691. The molecule has 0 radical (unpaired) electrons. The lowest BCUT2D eigenvalue weighted by Gasteiger charge is -2.24. The van der Waals surface area contributed by atoms with E-state index in [1.54, 1.807) is 6.20 Å². The lowest BCUT2D eigenvalue weighted by molar-refractivity contribution is 0.806. The zero-order chi connectivity index (χ0) is 9.10. The molecule has 0 N–H and O–H groups in total. The molecule has 1 aromatic rings. The zero-order valence-corrected chi connectivity index (χ0v) is 8.04. The van der Waals surface area contributed by atoms with Crippen molar-refractivity contribution in [3.8, 4) is 0 Å². The Kier molecular flexibility index (Phi) is 2.50. The third kappa shape index (κ3) is 2.01. The minimum Gasteiger partial charge on any atom is -0.353 e. The maximum Gasteiger partial charge on any atom is 0.128 e. The Morgan fingerprint density at radius 2 is 2.23 bits per heavy atom. The lowest BCUT2D eigenvalue weighted by atomic mass is 10.2. The van der Waals surface area contributed by atoms with Crippen LogP contribution in [0.25, 0.3) is 0 Å². The van der Waals surface area contributed by atoms with Gasteiger partial charge in [0.25, 0.3) is 0 Å². The first-order chi connectivity index (χ1) is 6.36. The molecule has 0 aromatic carbocycles. The van der Waals surface area contributed by atoms with Crippen molar-refractivity contribution in [3.63, 3.8) is 0 Å². The largest absolute Gasteiger partial charge is 0.353 e. The molecule has 2 nitrogen and oxygen atoms in total. The van der Waals surface area contributed by atoms with E-state index in [0.717, 1.165) is 25.3 Å². The Hall–Kier alpha value is -1.02. The van der Waals surface area contributed by atoms with Crippen molar-refractivity contribution in [1.82, 2.24) is 4.98 Å². The van der Waals surface area contributed by atoms with E-state index in [0.29, 0.717) is 5.02 Å². The Morgan fingerprint density at radius 1 is 1.31 bits per heavy atom. The number of halogens is 1. The van der Waals surface area contributed by atoms with Gasteiger partial charge in [-0.1, -0.05) is 23.8 Å². The normalized spacial score (nSPS) is 16.2. The van der Waals surface area contributed by atoms with Gasteiger partial charge in [0, 0.05) is 19.3 Å². The summed E-state index contributed by atoms with van der Waals surface area (Å²) in [6.45, 7) is 2.00. The topological polar surface area (TPSA) is 16.1 Å². The maximum atomic E-state index is 5.76. The molecule has 1 aliphatic rings. The fraction of sp³-hybridized carbons (Fsp3) is 0.300. The number of aromatic nitrogens is 1. The molecule has 2 heterocycles. The summed E-state index contributed by atoms with van der Waals surface area (Å²) in [5.74, 6) is 1.01. The van der Waals surface area contributed by atoms with Gasteiger partial charge in [-0.15, -0.1) is 0 Å². The third-order valence-electron chi connectivity index (χ3n) is 2.09. The van der Waals surface area contributed by atoms with Crippen LogP contribution in [0, 0.1) is 0 Å². The molecule has 1 aromatic heterocycles. The SMILES string of the molecule is Clc1ccc(N2CC=CCC2)nc1. The van der Waals surface area contributed by atoms with Crippen LogP contribution >= 0.6 is 11.6 Å². The number of hydrogen-bond donors (Lipinski definition) is 0. The summed E-state index contributed by atoms with van der Waals surface area (Å²) in [6, 6.07) is 3.84. The van der Waals surface area contributed by atoms with Crippen LogP contribution in [0.2, 0.25) is 5.02 Å². The van der Waals surface area contributed by atoms with E-state index >= 15 is 0 Å². The minimum absolute atomic E-state index is 0.691. The van der Waals surface area contributed by atoms with Crippen molar-refractivity contribution in [2.75, 3.05) is 18.0 Å². The first-order valence-corrected chi connectivity index (χ1v) is 4.75. The fourth-order valence-corrected chi connectivity index (χ4v) is 1.52. The molecular weight excluding hydrogens is 184 g/mol. The van der Waals surface area contributed by atoms with Crippen LogP contribution in [0.1, 0.15) is 6.42 Å². The first-order valence-electron chi connectivity index (χ1n) is 4.38. The molecule has 68 valence electrons. The molecule has 3 heteroatoms. The van der Waals surface area contributed by atoms with E-state index in [9.17, 15) is 0 Å². The number of rotatable bonds is 1. The Bertz CT molecular complexity index is 305. The van der Waals surface area contributed by atoms with E-state index in [1.807, 2.05) is 12.1 Å². The van der Waals surface area contributed by atoms with Gasteiger partial charge in [-0.05, 0) is 18.6 Å². The average molecular weight is 195 g/mol. The summed E-state index contributed by atoms with van der Waals surface area (Å²) >= 11 is 5.76. The van der Waals surface area contributed by atoms with E-state index in [-0.39, 0.29) is 0 Å². The fourth-order valence-electron chi connectivity index (χ4n) is 1.40. The van der Waals surface area contributed by atoms with Crippen molar-refractivity contribution < 1.29 is 0 Å². The summed E-state index contributed by atoms with van der Waals surface area (Å²) in [6.07, 6.45) is 7.16. The van der Waals surface area contributed by atoms with Crippen LogP contribution in [0.5, 0.6) is 0 Å². The van der Waals surface area contributed by atoms with Gasteiger partial charge in [0.05, 0.1) is 5.02 Å². The lowest BCUT2D eigenvalue weighted by Crippen LogP contribution is -2.27.